The van der Waals surface area contributed by atoms with Gasteiger partial charge in [-0.3, -0.25) is 9.59 Å². The Bertz CT molecular complexity index is 1080. The van der Waals surface area contributed by atoms with Gasteiger partial charge in [0.2, 0.25) is 0 Å². The van der Waals surface area contributed by atoms with Crippen LogP contribution in [0.25, 0.3) is 5.76 Å². The summed E-state index contributed by atoms with van der Waals surface area (Å²) >= 11 is 0. The van der Waals surface area contributed by atoms with E-state index in [2.05, 4.69) is 0 Å². The molecule has 6 nitrogen and oxygen atoms in total. The highest BCUT2D eigenvalue weighted by molar-refractivity contribution is 6.46. The third-order valence-corrected chi connectivity index (χ3v) is 6.41. The van der Waals surface area contributed by atoms with Crippen LogP contribution in [-0.2, 0) is 9.59 Å². The summed E-state index contributed by atoms with van der Waals surface area (Å²) < 4.78 is 11.5. The Morgan fingerprint density at radius 3 is 2.44 bits per heavy atom. The van der Waals surface area contributed by atoms with Crippen LogP contribution in [0.4, 0.5) is 0 Å². The van der Waals surface area contributed by atoms with Gasteiger partial charge >= 0.3 is 0 Å². The van der Waals surface area contributed by atoms with Crippen LogP contribution < -0.4 is 9.47 Å². The van der Waals surface area contributed by atoms with Gasteiger partial charge in [-0.1, -0.05) is 43.5 Å². The van der Waals surface area contributed by atoms with Gasteiger partial charge in [-0.15, -0.1) is 0 Å². The fourth-order valence-electron chi connectivity index (χ4n) is 5.00. The van der Waals surface area contributed by atoms with Crippen molar-refractivity contribution in [2.75, 3.05) is 6.61 Å². The van der Waals surface area contributed by atoms with E-state index < -0.39 is 17.7 Å². The van der Waals surface area contributed by atoms with Gasteiger partial charge in [-0.05, 0) is 63.4 Å². The molecular weight excluding hydrogens is 430 g/mol. The van der Waals surface area contributed by atoms with Crippen molar-refractivity contribution in [1.29, 1.82) is 0 Å². The van der Waals surface area contributed by atoms with Crippen LogP contribution in [0.2, 0.25) is 0 Å². The Morgan fingerprint density at radius 1 is 1.03 bits per heavy atom. The van der Waals surface area contributed by atoms with Gasteiger partial charge in [0.05, 0.1) is 24.3 Å². The standard InChI is InChI=1S/C28H33NO5/c1-4-33-22-14-8-10-19(16-22)25-24(26(30)20-11-9-15-23(17-20)34-18(2)3)27(31)28(32)29(25)21-12-6-5-7-13-21/h8-11,14-18,21,25,30H,4-7,12-13H2,1-3H3/b26-24-. The van der Waals surface area contributed by atoms with E-state index in [1.165, 1.54) is 0 Å². The van der Waals surface area contributed by atoms with Crippen LogP contribution in [0.1, 0.15) is 70.0 Å². The van der Waals surface area contributed by atoms with Crippen molar-refractivity contribution in [2.24, 2.45) is 0 Å². The molecular formula is C28H33NO5. The number of hydrogen-bond acceptors (Lipinski definition) is 5. The third-order valence-electron chi connectivity index (χ3n) is 6.41. The molecule has 1 saturated heterocycles. The molecule has 34 heavy (non-hydrogen) atoms. The lowest BCUT2D eigenvalue weighted by Gasteiger charge is -2.35. The summed E-state index contributed by atoms with van der Waals surface area (Å²) in [6, 6.07) is 13.8. The fraction of sp³-hybridized carbons (Fsp3) is 0.429. The highest BCUT2D eigenvalue weighted by Gasteiger charge is 2.49. The average molecular weight is 464 g/mol. The quantitative estimate of drug-likeness (QED) is 0.327. The number of aliphatic hydroxyl groups is 1. The van der Waals surface area contributed by atoms with E-state index in [9.17, 15) is 14.7 Å². The van der Waals surface area contributed by atoms with Gasteiger partial charge in [0.25, 0.3) is 11.7 Å². The topological polar surface area (TPSA) is 76.1 Å². The molecule has 0 spiro atoms. The van der Waals surface area contributed by atoms with Crippen LogP contribution in [-0.4, -0.2) is 40.4 Å². The number of amides is 1. The van der Waals surface area contributed by atoms with Crippen LogP contribution in [0.15, 0.2) is 54.1 Å². The minimum absolute atomic E-state index is 0.0319. The van der Waals surface area contributed by atoms with Gasteiger partial charge in [0.1, 0.15) is 17.3 Å². The van der Waals surface area contributed by atoms with Gasteiger partial charge < -0.3 is 19.5 Å². The second kappa shape index (κ2) is 10.3. The van der Waals surface area contributed by atoms with Crippen molar-refractivity contribution in [3.05, 3.63) is 65.2 Å². The maximum atomic E-state index is 13.4. The number of rotatable bonds is 7. The number of likely N-dealkylation sites (tertiary alicyclic amines) is 1. The van der Waals surface area contributed by atoms with Crippen molar-refractivity contribution in [1.82, 2.24) is 4.90 Å². The molecule has 4 rings (SSSR count). The maximum Gasteiger partial charge on any atom is 0.295 e. The summed E-state index contributed by atoms with van der Waals surface area (Å²) in [5.41, 5.74) is 1.32. The van der Waals surface area contributed by atoms with E-state index in [1.54, 1.807) is 29.2 Å². The lowest BCUT2D eigenvalue weighted by Crippen LogP contribution is -2.40. The molecule has 2 aromatic carbocycles. The first-order valence-corrected chi connectivity index (χ1v) is 12.2. The molecule has 1 atom stereocenters. The zero-order chi connectivity index (χ0) is 24.2. The number of benzene rings is 2. The highest BCUT2D eigenvalue weighted by Crippen LogP contribution is 2.43. The molecule has 2 aromatic rings. The Balaban J connectivity index is 1.84. The Labute approximate surface area is 201 Å². The van der Waals surface area contributed by atoms with Crippen LogP contribution >= 0.6 is 0 Å². The summed E-state index contributed by atoms with van der Waals surface area (Å²) in [6.07, 6.45) is 4.85. The van der Waals surface area contributed by atoms with E-state index in [0.29, 0.717) is 23.7 Å². The van der Waals surface area contributed by atoms with Crippen molar-refractivity contribution in [3.63, 3.8) is 0 Å². The van der Waals surface area contributed by atoms with Crippen molar-refractivity contribution >= 4 is 17.4 Å². The minimum Gasteiger partial charge on any atom is -0.507 e. The van der Waals surface area contributed by atoms with E-state index >= 15 is 0 Å². The van der Waals surface area contributed by atoms with Crippen molar-refractivity contribution < 1.29 is 24.2 Å². The highest BCUT2D eigenvalue weighted by atomic mass is 16.5. The molecule has 1 heterocycles. The number of ketones is 1. The van der Waals surface area contributed by atoms with E-state index in [4.69, 9.17) is 9.47 Å². The second-order valence-corrected chi connectivity index (χ2v) is 9.20. The third kappa shape index (κ3) is 4.81. The Kier molecular flexibility index (Phi) is 7.25. The second-order valence-electron chi connectivity index (χ2n) is 9.20. The molecule has 1 unspecified atom stereocenters. The molecule has 2 aliphatic rings. The van der Waals surface area contributed by atoms with Crippen LogP contribution in [0.3, 0.4) is 0 Å². The first-order valence-electron chi connectivity index (χ1n) is 12.2. The monoisotopic (exact) mass is 463 g/mol. The number of nitrogens with zero attached hydrogens (tertiary/aromatic N) is 1. The zero-order valence-electron chi connectivity index (χ0n) is 20.1. The fourth-order valence-corrected chi connectivity index (χ4v) is 5.00. The molecule has 1 aliphatic heterocycles. The SMILES string of the molecule is CCOc1cccc(C2/C(=C(/O)c3cccc(OC(C)C)c3)C(=O)C(=O)N2C2CCCCC2)c1. The summed E-state index contributed by atoms with van der Waals surface area (Å²) in [6.45, 7) is 6.27. The normalized spacial score (nSPS) is 20.7. The Hall–Kier alpha value is -3.28. The molecule has 0 radical (unpaired) electrons. The Morgan fingerprint density at radius 2 is 1.74 bits per heavy atom. The van der Waals surface area contributed by atoms with E-state index in [1.807, 2.05) is 45.0 Å². The molecule has 1 aliphatic carbocycles. The van der Waals surface area contributed by atoms with Crippen LogP contribution in [0.5, 0.6) is 11.5 Å². The molecule has 2 fully saturated rings. The summed E-state index contributed by atoms with van der Waals surface area (Å²) in [7, 11) is 0. The summed E-state index contributed by atoms with van der Waals surface area (Å²) in [5.74, 6) is -0.116. The predicted octanol–water partition coefficient (Wildman–Crippen LogP) is 5.63. The maximum absolute atomic E-state index is 13.4. The molecule has 0 aromatic heterocycles. The first-order chi connectivity index (χ1) is 16.4. The van der Waals surface area contributed by atoms with E-state index in [0.717, 1.165) is 37.7 Å². The molecule has 1 amide bonds. The van der Waals surface area contributed by atoms with Gasteiger partial charge in [-0.2, -0.15) is 0 Å². The van der Waals surface area contributed by atoms with Crippen molar-refractivity contribution in [3.8, 4) is 11.5 Å². The number of aliphatic hydroxyl groups excluding tert-OH is 1. The van der Waals surface area contributed by atoms with E-state index in [-0.39, 0.29) is 23.5 Å². The molecule has 180 valence electrons. The van der Waals surface area contributed by atoms with Crippen molar-refractivity contribution in [2.45, 2.75) is 71.1 Å². The lowest BCUT2D eigenvalue weighted by molar-refractivity contribution is -0.141. The predicted molar refractivity (Wildman–Crippen MR) is 131 cm³/mol. The van der Waals surface area contributed by atoms with Gasteiger partial charge in [-0.25, -0.2) is 0 Å². The molecule has 6 heteroatoms. The number of ether oxygens (including phenoxy) is 2. The first kappa shape index (κ1) is 23.9. The largest absolute Gasteiger partial charge is 0.507 e. The average Bonchev–Trinajstić information content (AvgIpc) is 3.10. The lowest BCUT2D eigenvalue weighted by atomic mass is 9.91. The molecule has 1 N–H and O–H groups in total. The molecule has 0 bridgehead atoms. The summed E-state index contributed by atoms with van der Waals surface area (Å²) in [5, 5.41) is 11.4. The molecule has 1 saturated carbocycles. The number of carbonyl (C=O) groups is 2. The number of Topliss-reactive ketones (excluding diaryl/α,β-unsaturated/α-hetero) is 1. The number of carbonyl (C=O) groups excluding carboxylic acids is 2. The smallest absolute Gasteiger partial charge is 0.295 e. The summed E-state index contributed by atoms with van der Waals surface area (Å²) in [4.78, 5) is 28.4. The number of hydrogen-bond donors (Lipinski definition) is 1. The van der Waals surface area contributed by atoms with Gasteiger partial charge in [0, 0.05) is 11.6 Å². The zero-order valence-corrected chi connectivity index (χ0v) is 20.1. The minimum atomic E-state index is -0.668. The van der Waals surface area contributed by atoms with Gasteiger partial charge in [0.15, 0.2) is 0 Å². The van der Waals surface area contributed by atoms with Crippen LogP contribution in [0, 0.1) is 0 Å².